The summed E-state index contributed by atoms with van der Waals surface area (Å²) in [6, 6.07) is 15.2. The zero-order valence-electron chi connectivity index (χ0n) is 18.2. The van der Waals surface area contributed by atoms with E-state index < -0.39 is 0 Å². The number of rotatable bonds is 7. The fraction of sp³-hybridized carbons (Fsp3) is 0.440. The number of hydrogen-bond acceptors (Lipinski definition) is 3. The molecule has 0 aromatic heterocycles. The lowest BCUT2D eigenvalue weighted by molar-refractivity contribution is -0.120. The Morgan fingerprint density at radius 2 is 1.70 bits per heavy atom. The minimum Gasteiger partial charge on any atom is -0.484 e. The van der Waals surface area contributed by atoms with Gasteiger partial charge in [-0.3, -0.25) is 9.59 Å². The van der Waals surface area contributed by atoms with Gasteiger partial charge in [0.1, 0.15) is 5.75 Å². The second-order valence-corrected chi connectivity index (χ2v) is 8.29. The van der Waals surface area contributed by atoms with Crippen LogP contribution in [-0.2, 0) is 4.79 Å². The summed E-state index contributed by atoms with van der Waals surface area (Å²) in [5.41, 5.74) is 2.33. The van der Waals surface area contributed by atoms with E-state index >= 15 is 0 Å². The molecule has 2 amide bonds. The standard InChI is InChI=1S/C25H32N2O3/c1-18(2)19-13-15-21(16-14-19)30-17-24(28)27(3)23-12-8-7-11-22(23)25(29)26-20-9-5-4-6-10-20/h7-8,11-16,18,20H,4-6,9-10,17H2,1-3H3,(H,26,29). The summed E-state index contributed by atoms with van der Waals surface area (Å²) in [5, 5.41) is 3.13. The van der Waals surface area contributed by atoms with Gasteiger partial charge in [0.25, 0.3) is 11.8 Å². The summed E-state index contributed by atoms with van der Waals surface area (Å²) in [6.45, 7) is 4.18. The lowest BCUT2D eigenvalue weighted by Crippen LogP contribution is -2.38. The molecule has 0 saturated heterocycles. The molecule has 30 heavy (non-hydrogen) atoms. The van der Waals surface area contributed by atoms with E-state index in [2.05, 4.69) is 19.2 Å². The van der Waals surface area contributed by atoms with Crippen LogP contribution in [-0.4, -0.2) is 31.5 Å². The van der Waals surface area contributed by atoms with Gasteiger partial charge < -0.3 is 15.0 Å². The zero-order valence-corrected chi connectivity index (χ0v) is 18.2. The van der Waals surface area contributed by atoms with Crippen molar-refractivity contribution < 1.29 is 14.3 Å². The van der Waals surface area contributed by atoms with Crippen LogP contribution in [0.15, 0.2) is 48.5 Å². The third-order valence-corrected chi connectivity index (χ3v) is 5.73. The molecule has 0 bridgehead atoms. The number of likely N-dealkylation sites (N-methyl/N-ethyl adjacent to an activating group) is 1. The summed E-state index contributed by atoms with van der Waals surface area (Å²) in [5.74, 6) is 0.774. The third kappa shape index (κ3) is 5.62. The van der Waals surface area contributed by atoms with Crippen LogP contribution in [0.5, 0.6) is 5.75 Å². The first-order valence-corrected chi connectivity index (χ1v) is 10.8. The molecule has 2 aromatic rings. The topological polar surface area (TPSA) is 58.6 Å². The molecule has 1 aliphatic rings. The maximum absolute atomic E-state index is 12.8. The molecule has 160 valence electrons. The second-order valence-electron chi connectivity index (χ2n) is 8.29. The summed E-state index contributed by atoms with van der Waals surface area (Å²) < 4.78 is 5.68. The lowest BCUT2D eigenvalue weighted by Gasteiger charge is -2.25. The average Bonchev–Trinajstić information content (AvgIpc) is 2.78. The quantitative estimate of drug-likeness (QED) is 0.708. The fourth-order valence-corrected chi connectivity index (χ4v) is 3.79. The van der Waals surface area contributed by atoms with E-state index in [1.807, 2.05) is 36.4 Å². The molecule has 1 N–H and O–H groups in total. The summed E-state index contributed by atoms with van der Waals surface area (Å²) in [7, 11) is 1.68. The van der Waals surface area contributed by atoms with Crippen LogP contribution in [0.2, 0.25) is 0 Å². The van der Waals surface area contributed by atoms with Gasteiger partial charge in [0.05, 0.1) is 11.3 Å². The minimum absolute atomic E-state index is 0.0872. The van der Waals surface area contributed by atoms with Crippen molar-refractivity contribution >= 4 is 17.5 Å². The van der Waals surface area contributed by atoms with Crippen LogP contribution in [0.3, 0.4) is 0 Å². The molecule has 2 aromatic carbocycles. The van der Waals surface area contributed by atoms with Crippen molar-refractivity contribution in [2.45, 2.75) is 57.9 Å². The van der Waals surface area contributed by atoms with Crippen molar-refractivity contribution in [3.63, 3.8) is 0 Å². The van der Waals surface area contributed by atoms with Crippen molar-refractivity contribution in [3.8, 4) is 5.75 Å². The molecule has 1 saturated carbocycles. The summed E-state index contributed by atoms with van der Waals surface area (Å²) in [4.78, 5) is 27.1. The highest BCUT2D eigenvalue weighted by molar-refractivity contribution is 6.05. The molecule has 1 aliphatic carbocycles. The second kappa shape index (κ2) is 10.3. The van der Waals surface area contributed by atoms with Crippen molar-refractivity contribution in [1.82, 2.24) is 5.32 Å². The molecule has 0 atom stereocenters. The highest BCUT2D eigenvalue weighted by Crippen LogP contribution is 2.23. The van der Waals surface area contributed by atoms with Crippen LogP contribution < -0.4 is 15.0 Å². The van der Waals surface area contributed by atoms with Gasteiger partial charge in [0.2, 0.25) is 0 Å². The van der Waals surface area contributed by atoms with Gasteiger partial charge in [-0.25, -0.2) is 0 Å². The Labute approximate surface area is 179 Å². The van der Waals surface area contributed by atoms with E-state index in [0.29, 0.717) is 22.9 Å². The minimum atomic E-state index is -0.208. The molecule has 0 spiro atoms. The maximum atomic E-state index is 12.8. The van der Waals surface area contributed by atoms with E-state index in [9.17, 15) is 9.59 Å². The van der Waals surface area contributed by atoms with Gasteiger partial charge in [-0.05, 0) is 48.6 Å². The molecule has 0 aliphatic heterocycles. The van der Waals surface area contributed by atoms with Gasteiger partial charge >= 0.3 is 0 Å². The number of hydrogen-bond donors (Lipinski definition) is 1. The van der Waals surface area contributed by atoms with Crippen molar-refractivity contribution in [1.29, 1.82) is 0 Å². The molecule has 0 unspecified atom stereocenters. The zero-order chi connectivity index (χ0) is 21.5. The van der Waals surface area contributed by atoms with Gasteiger partial charge in [0, 0.05) is 13.1 Å². The Bertz CT molecular complexity index is 855. The molecule has 1 fully saturated rings. The van der Waals surface area contributed by atoms with E-state index in [4.69, 9.17) is 4.74 Å². The number of carbonyl (C=O) groups excluding carboxylic acids is 2. The highest BCUT2D eigenvalue weighted by atomic mass is 16.5. The first-order chi connectivity index (χ1) is 14.5. The number of anilines is 1. The predicted octanol–water partition coefficient (Wildman–Crippen LogP) is 4.91. The monoisotopic (exact) mass is 408 g/mol. The fourth-order valence-electron chi connectivity index (χ4n) is 3.79. The van der Waals surface area contributed by atoms with Crippen molar-refractivity contribution in [3.05, 3.63) is 59.7 Å². The van der Waals surface area contributed by atoms with Gasteiger partial charge in [0.15, 0.2) is 6.61 Å². The number of nitrogens with zero attached hydrogens (tertiary/aromatic N) is 1. The molecule has 3 rings (SSSR count). The number of amides is 2. The van der Waals surface area contributed by atoms with E-state index in [-0.39, 0.29) is 24.5 Å². The van der Waals surface area contributed by atoms with Gasteiger partial charge in [-0.2, -0.15) is 0 Å². The molecular formula is C25H32N2O3. The highest BCUT2D eigenvalue weighted by Gasteiger charge is 2.22. The number of nitrogens with one attached hydrogen (secondary N) is 1. The average molecular weight is 409 g/mol. The van der Waals surface area contributed by atoms with Crippen LogP contribution in [0.25, 0.3) is 0 Å². The van der Waals surface area contributed by atoms with E-state index in [1.165, 1.54) is 16.9 Å². The number of carbonyl (C=O) groups is 2. The molecule has 5 nitrogen and oxygen atoms in total. The van der Waals surface area contributed by atoms with Crippen LogP contribution >= 0.6 is 0 Å². The predicted molar refractivity (Wildman–Crippen MR) is 120 cm³/mol. The summed E-state index contributed by atoms with van der Waals surface area (Å²) in [6.07, 6.45) is 5.58. The first-order valence-electron chi connectivity index (χ1n) is 10.8. The smallest absolute Gasteiger partial charge is 0.264 e. The normalized spacial score (nSPS) is 14.4. The van der Waals surface area contributed by atoms with Crippen LogP contribution in [0.1, 0.15) is 67.8 Å². The molecule has 5 heteroatoms. The molecule has 0 radical (unpaired) electrons. The van der Waals surface area contributed by atoms with Crippen LogP contribution in [0.4, 0.5) is 5.69 Å². The summed E-state index contributed by atoms with van der Waals surface area (Å²) >= 11 is 0. The van der Waals surface area contributed by atoms with Crippen molar-refractivity contribution in [2.24, 2.45) is 0 Å². The number of benzene rings is 2. The van der Waals surface area contributed by atoms with Gasteiger partial charge in [-0.15, -0.1) is 0 Å². The Morgan fingerprint density at radius 1 is 1.03 bits per heavy atom. The Kier molecular flexibility index (Phi) is 7.50. The SMILES string of the molecule is CC(C)c1ccc(OCC(=O)N(C)c2ccccc2C(=O)NC2CCCCC2)cc1. The largest absolute Gasteiger partial charge is 0.484 e. The first kappa shape index (κ1) is 21.9. The maximum Gasteiger partial charge on any atom is 0.264 e. The van der Waals surface area contributed by atoms with Crippen LogP contribution in [0, 0.1) is 0 Å². The van der Waals surface area contributed by atoms with E-state index in [0.717, 1.165) is 25.7 Å². The molecular weight excluding hydrogens is 376 g/mol. The molecule has 0 heterocycles. The number of ether oxygens (including phenoxy) is 1. The Balaban J connectivity index is 1.63. The van der Waals surface area contributed by atoms with E-state index in [1.54, 1.807) is 19.2 Å². The number of para-hydroxylation sites is 1. The third-order valence-electron chi connectivity index (χ3n) is 5.73. The Morgan fingerprint density at radius 3 is 2.37 bits per heavy atom. The lowest BCUT2D eigenvalue weighted by atomic mass is 9.95. The van der Waals surface area contributed by atoms with Crippen molar-refractivity contribution in [2.75, 3.05) is 18.6 Å². The van der Waals surface area contributed by atoms with Gasteiger partial charge in [-0.1, -0.05) is 57.4 Å². The Hall–Kier alpha value is -2.82.